The highest BCUT2D eigenvalue weighted by molar-refractivity contribution is 5.95. The minimum atomic E-state index is -0.110. The fourth-order valence-corrected chi connectivity index (χ4v) is 4.76. The molecule has 2 aliphatic heterocycles. The number of anilines is 4. The summed E-state index contributed by atoms with van der Waals surface area (Å²) in [6, 6.07) is 17.6. The number of nitrogens with one attached hydrogen (secondary N) is 3. The van der Waals surface area contributed by atoms with Crippen molar-refractivity contribution < 1.29 is 14.3 Å². The van der Waals surface area contributed by atoms with Gasteiger partial charge >= 0.3 is 0 Å². The zero-order valence-corrected chi connectivity index (χ0v) is 21.5. The molecule has 38 heavy (non-hydrogen) atoms. The second-order valence-electron chi connectivity index (χ2n) is 9.45. The van der Waals surface area contributed by atoms with Gasteiger partial charge in [0, 0.05) is 62.1 Å². The quantitative estimate of drug-likeness (QED) is 0.420. The first-order chi connectivity index (χ1) is 18.6. The lowest BCUT2D eigenvalue weighted by molar-refractivity contribution is -0.135. The highest BCUT2D eigenvalue weighted by atomic mass is 16.5. The van der Waals surface area contributed by atoms with E-state index in [1.807, 2.05) is 47.4 Å². The van der Waals surface area contributed by atoms with Gasteiger partial charge in [-0.05, 0) is 61.9 Å². The SMILES string of the molecule is COCC(=O)N1CCN(c2ccc(Nc3nccc(-c4ccc(NC(=O)[C@H]5CCCN5)cc4)n3)cc2)CC1. The molecule has 198 valence electrons. The summed E-state index contributed by atoms with van der Waals surface area (Å²) in [5.74, 6) is 0.549. The zero-order valence-electron chi connectivity index (χ0n) is 21.5. The molecule has 0 aliphatic carbocycles. The Kier molecular flexibility index (Phi) is 8.10. The maximum atomic E-state index is 12.3. The van der Waals surface area contributed by atoms with Gasteiger partial charge in [-0.2, -0.15) is 0 Å². The van der Waals surface area contributed by atoms with E-state index in [1.54, 1.807) is 13.3 Å². The average molecular weight is 516 g/mol. The lowest BCUT2D eigenvalue weighted by Gasteiger charge is -2.36. The van der Waals surface area contributed by atoms with E-state index in [4.69, 9.17) is 4.74 Å². The Morgan fingerprint density at radius 2 is 1.74 bits per heavy atom. The molecule has 2 amide bonds. The number of benzene rings is 2. The van der Waals surface area contributed by atoms with Crippen molar-refractivity contribution in [3.63, 3.8) is 0 Å². The molecule has 10 nitrogen and oxygen atoms in total. The van der Waals surface area contributed by atoms with Gasteiger partial charge in [0.25, 0.3) is 0 Å². The summed E-state index contributed by atoms with van der Waals surface area (Å²) in [6.45, 7) is 3.97. The third kappa shape index (κ3) is 6.27. The van der Waals surface area contributed by atoms with E-state index >= 15 is 0 Å². The molecule has 2 fully saturated rings. The van der Waals surface area contributed by atoms with Crippen molar-refractivity contribution in [1.82, 2.24) is 20.2 Å². The molecule has 0 saturated carbocycles. The van der Waals surface area contributed by atoms with Crippen molar-refractivity contribution in [2.75, 3.05) is 62.0 Å². The molecule has 3 N–H and O–H groups in total. The number of carbonyl (C=O) groups is 2. The lowest BCUT2D eigenvalue weighted by Crippen LogP contribution is -2.49. The fraction of sp³-hybridized carbons (Fsp3) is 0.357. The largest absolute Gasteiger partial charge is 0.375 e. The van der Waals surface area contributed by atoms with Gasteiger partial charge in [-0.25, -0.2) is 9.97 Å². The first kappa shape index (κ1) is 25.6. The summed E-state index contributed by atoms with van der Waals surface area (Å²) in [5, 5.41) is 9.47. The second-order valence-corrected chi connectivity index (χ2v) is 9.45. The Labute approximate surface area is 222 Å². The summed E-state index contributed by atoms with van der Waals surface area (Å²) in [5.41, 5.74) is 4.49. The van der Waals surface area contributed by atoms with Gasteiger partial charge in [0.1, 0.15) is 6.61 Å². The van der Waals surface area contributed by atoms with Gasteiger partial charge < -0.3 is 30.5 Å². The van der Waals surface area contributed by atoms with E-state index in [9.17, 15) is 9.59 Å². The van der Waals surface area contributed by atoms with E-state index < -0.39 is 0 Å². The van der Waals surface area contributed by atoms with E-state index in [0.29, 0.717) is 19.0 Å². The minimum absolute atomic E-state index is 0.00854. The molecule has 0 bridgehead atoms. The third-order valence-electron chi connectivity index (χ3n) is 6.87. The van der Waals surface area contributed by atoms with Crippen LogP contribution in [-0.2, 0) is 14.3 Å². The van der Waals surface area contributed by atoms with Crippen molar-refractivity contribution in [1.29, 1.82) is 0 Å². The molecule has 0 unspecified atom stereocenters. The molecule has 2 saturated heterocycles. The van der Waals surface area contributed by atoms with Crippen LogP contribution in [-0.4, -0.2) is 79.2 Å². The Hall–Kier alpha value is -4.02. The Morgan fingerprint density at radius 1 is 1.00 bits per heavy atom. The summed E-state index contributed by atoms with van der Waals surface area (Å²) in [4.78, 5) is 37.5. The van der Waals surface area contributed by atoms with Crippen LogP contribution in [0.5, 0.6) is 0 Å². The van der Waals surface area contributed by atoms with Crippen LogP contribution < -0.4 is 20.9 Å². The van der Waals surface area contributed by atoms with Crippen LogP contribution in [0.4, 0.5) is 23.0 Å². The zero-order chi connectivity index (χ0) is 26.3. The molecule has 5 rings (SSSR count). The van der Waals surface area contributed by atoms with E-state index in [0.717, 1.165) is 60.8 Å². The number of amides is 2. The monoisotopic (exact) mass is 515 g/mol. The first-order valence-corrected chi connectivity index (χ1v) is 13.0. The lowest BCUT2D eigenvalue weighted by atomic mass is 10.1. The van der Waals surface area contributed by atoms with Crippen LogP contribution in [0.15, 0.2) is 60.8 Å². The normalized spacial score (nSPS) is 17.3. The van der Waals surface area contributed by atoms with Crippen molar-refractivity contribution in [3.05, 3.63) is 60.8 Å². The van der Waals surface area contributed by atoms with Gasteiger partial charge in [-0.15, -0.1) is 0 Å². The van der Waals surface area contributed by atoms with Gasteiger partial charge in [-0.3, -0.25) is 9.59 Å². The molecule has 10 heteroatoms. The van der Waals surface area contributed by atoms with E-state index in [1.165, 1.54) is 0 Å². The topological polar surface area (TPSA) is 112 Å². The van der Waals surface area contributed by atoms with Gasteiger partial charge in [0.05, 0.1) is 11.7 Å². The minimum Gasteiger partial charge on any atom is -0.375 e. The number of methoxy groups -OCH3 is 1. The maximum absolute atomic E-state index is 12.3. The molecular formula is C28H33N7O3. The molecule has 1 aromatic heterocycles. The predicted octanol–water partition coefficient (Wildman–Crippen LogP) is 2.87. The van der Waals surface area contributed by atoms with Crippen LogP contribution in [0.25, 0.3) is 11.3 Å². The molecule has 3 heterocycles. The van der Waals surface area contributed by atoms with Crippen LogP contribution in [0.1, 0.15) is 12.8 Å². The Morgan fingerprint density at radius 3 is 2.42 bits per heavy atom. The Bertz CT molecular complexity index is 1240. The number of nitrogens with zero attached hydrogens (tertiary/aromatic N) is 4. The van der Waals surface area contributed by atoms with Crippen molar-refractivity contribution in [2.45, 2.75) is 18.9 Å². The molecule has 3 aromatic rings. The summed E-state index contributed by atoms with van der Waals surface area (Å²) < 4.78 is 4.96. The smallest absolute Gasteiger partial charge is 0.248 e. The molecular weight excluding hydrogens is 482 g/mol. The molecule has 2 aromatic carbocycles. The number of rotatable bonds is 8. The Balaban J connectivity index is 1.17. The van der Waals surface area contributed by atoms with E-state index in [2.05, 4.69) is 43.0 Å². The molecule has 1 atom stereocenters. The number of hydrogen-bond acceptors (Lipinski definition) is 8. The van der Waals surface area contributed by atoms with Crippen LogP contribution in [0.2, 0.25) is 0 Å². The van der Waals surface area contributed by atoms with Gasteiger partial charge in [0.15, 0.2) is 0 Å². The molecule has 2 aliphatic rings. The number of carbonyl (C=O) groups excluding carboxylic acids is 2. The molecule has 0 spiro atoms. The number of piperazine rings is 1. The fourth-order valence-electron chi connectivity index (χ4n) is 4.76. The van der Waals surface area contributed by atoms with Crippen LogP contribution in [0.3, 0.4) is 0 Å². The summed E-state index contributed by atoms with van der Waals surface area (Å²) in [7, 11) is 1.54. The summed E-state index contributed by atoms with van der Waals surface area (Å²) in [6.07, 6.45) is 3.63. The average Bonchev–Trinajstić information content (AvgIpc) is 3.50. The first-order valence-electron chi connectivity index (χ1n) is 13.0. The van der Waals surface area contributed by atoms with Crippen LogP contribution >= 0.6 is 0 Å². The summed E-state index contributed by atoms with van der Waals surface area (Å²) >= 11 is 0. The van der Waals surface area contributed by atoms with Crippen molar-refractivity contribution in [2.24, 2.45) is 0 Å². The van der Waals surface area contributed by atoms with Crippen molar-refractivity contribution in [3.8, 4) is 11.3 Å². The maximum Gasteiger partial charge on any atom is 0.248 e. The number of hydrogen-bond donors (Lipinski definition) is 3. The van der Waals surface area contributed by atoms with Crippen LogP contribution in [0, 0.1) is 0 Å². The second kappa shape index (κ2) is 12.0. The molecule has 0 radical (unpaired) electrons. The van der Waals surface area contributed by atoms with Crippen molar-refractivity contribution >= 4 is 34.8 Å². The third-order valence-corrected chi connectivity index (χ3v) is 6.87. The predicted molar refractivity (Wildman–Crippen MR) is 148 cm³/mol. The standard InChI is InChI=1S/C28H33N7O3/c1-38-19-26(36)35-17-15-34(16-18-35)23-10-8-22(9-11-23)32-28-30-14-12-24(33-28)20-4-6-21(7-5-20)31-27(37)25-3-2-13-29-25/h4-12,14,25,29H,2-3,13,15-19H2,1H3,(H,31,37)(H,30,32,33)/t25-/m1/s1. The van der Waals surface area contributed by atoms with E-state index in [-0.39, 0.29) is 24.5 Å². The van der Waals surface area contributed by atoms with Gasteiger partial charge in [-0.1, -0.05) is 12.1 Å². The number of ether oxygens (including phenoxy) is 1. The highest BCUT2D eigenvalue weighted by Crippen LogP contribution is 2.24. The number of aromatic nitrogens is 2. The highest BCUT2D eigenvalue weighted by Gasteiger charge is 2.22. The van der Waals surface area contributed by atoms with Gasteiger partial charge in [0.2, 0.25) is 17.8 Å².